The van der Waals surface area contributed by atoms with E-state index in [9.17, 15) is 13.2 Å². The van der Waals surface area contributed by atoms with Crippen LogP contribution in [0.4, 0.5) is 0 Å². The second-order valence-electron chi connectivity index (χ2n) is 4.09. The summed E-state index contributed by atoms with van der Waals surface area (Å²) < 4.78 is 32.4. The lowest BCUT2D eigenvalue weighted by Crippen LogP contribution is -2.48. The van der Waals surface area contributed by atoms with Gasteiger partial charge in [-0.15, -0.1) is 0 Å². The zero-order valence-corrected chi connectivity index (χ0v) is 11.9. The van der Waals surface area contributed by atoms with Crippen molar-refractivity contribution in [3.8, 4) is 0 Å². The molecule has 0 fully saturated rings. The van der Waals surface area contributed by atoms with Gasteiger partial charge in [-0.05, 0) is 12.0 Å². The number of ether oxygens (including phenoxy) is 1. The second-order valence-corrected chi connectivity index (χ2v) is 5.62. The molecule has 112 valence electrons. The number of hydrogen-bond donors (Lipinski definition) is 3. The molecule has 1 atom stereocenters. The summed E-state index contributed by atoms with van der Waals surface area (Å²) in [7, 11) is -2.44. The summed E-state index contributed by atoms with van der Waals surface area (Å²) in [4.78, 5) is 11.1. The Kier molecular flexibility index (Phi) is 6.59. The quantitative estimate of drug-likeness (QED) is 0.546. The minimum atomic E-state index is -3.88. The minimum absolute atomic E-state index is 0.0708. The number of carboxylic acids is 1. The smallest absolute Gasteiger partial charge is 0.322 e. The zero-order chi connectivity index (χ0) is 15.0. The van der Waals surface area contributed by atoms with E-state index in [4.69, 9.17) is 9.84 Å². The molecule has 0 radical (unpaired) electrons. The van der Waals surface area contributed by atoms with Crippen LogP contribution in [0.25, 0.3) is 0 Å². The number of rotatable bonds is 9. The van der Waals surface area contributed by atoms with Gasteiger partial charge < -0.3 is 9.84 Å². The molecule has 3 N–H and O–H groups in total. The van der Waals surface area contributed by atoms with Crippen LogP contribution in [0.15, 0.2) is 30.3 Å². The highest BCUT2D eigenvalue weighted by molar-refractivity contribution is 7.87. The highest BCUT2D eigenvalue weighted by atomic mass is 32.2. The van der Waals surface area contributed by atoms with Crippen molar-refractivity contribution < 1.29 is 23.1 Å². The number of carbonyl (C=O) groups is 1. The van der Waals surface area contributed by atoms with Gasteiger partial charge in [-0.2, -0.15) is 17.9 Å². The molecular formula is C12H18N2O5S. The van der Waals surface area contributed by atoms with Crippen LogP contribution < -0.4 is 9.44 Å². The van der Waals surface area contributed by atoms with E-state index in [1.54, 1.807) is 30.3 Å². The van der Waals surface area contributed by atoms with E-state index < -0.39 is 22.2 Å². The van der Waals surface area contributed by atoms with Crippen LogP contribution in [-0.2, 0) is 26.2 Å². The van der Waals surface area contributed by atoms with Gasteiger partial charge in [-0.3, -0.25) is 4.79 Å². The standard InChI is InChI=1S/C12H18N2O5S/c1-19-8-7-13-20(17,18)14-11(12(15)16)9-10-5-3-2-4-6-10/h2-6,11,13-14H,7-9H2,1H3,(H,15,16)/t11-/m0/s1. The normalized spacial score (nSPS) is 13.1. The summed E-state index contributed by atoms with van der Waals surface area (Å²) in [5.74, 6) is -1.23. The van der Waals surface area contributed by atoms with E-state index in [1.807, 2.05) is 0 Å². The van der Waals surface area contributed by atoms with Crippen LogP contribution in [0.3, 0.4) is 0 Å². The van der Waals surface area contributed by atoms with Gasteiger partial charge in [0, 0.05) is 13.7 Å². The predicted octanol–water partition coefficient (Wildman–Crippen LogP) is -0.247. The van der Waals surface area contributed by atoms with Crippen molar-refractivity contribution in [3.05, 3.63) is 35.9 Å². The molecule has 20 heavy (non-hydrogen) atoms. The third kappa shape index (κ3) is 6.11. The van der Waals surface area contributed by atoms with Crippen molar-refractivity contribution in [1.29, 1.82) is 0 Å². The first-order chi connectivity index (χ1) is 9.44. The van der Waals surface area contributed by atoms with Crippen LogP contribution in [0.5, 0.6) is 0 Å². The number of methoxy groups -OCH3 is 1. The molecule has 0 spiro atoms. The predicted molar refractivity (Wildman–Crippen MR) is 73.5 cm³/mol. The van der Waals surface area contributed by atoms with E-state index in [0.717, 1.165) is 5.56 Å². The molecule has 0 amide bonds. The maximum absolute atomic E-state index is 11.7. The van der Waals surface area contributed by atoms with Gasteiger partial charge in [0.05, 0.1) is 6.61 Å². The molecule has 0 unspecified atom stereocenters. The Balaban J connectivity index is 2.65. The Labute approximate surface area is 118 Å². The van der Waals surface area contributed by atoms with Crippen LogP contribution >= 0.6 is 0 Å². The fraction of sp³-hybridized carbons (Fsp3) is 0.417. The molecule has 0 aliphatic rings. The Hall–Kier alpha value is -1.48. The van der Waals surface area contributed by atoms with Crippen molar-refractivity contribution in [2.24, 2.45) is 0 Å². The van der Waals surface area contributed by atoms with Gasteiger partial charge in [0.25, 0.3) is 10.2 Å². The van der Waals surface area contributed by atoms with Crippen LogP contribution in [0.2, 0.25) is 0 Å². The fourth-order valence-electron chi connectivity index (χ4n) is 1.54. The molecule has 1 rings (SSSR count). The molecule has 0 bridgehead atoms. The summed E-state index contributed by atoms with van der Waals surface area (Å²) in [6, 6.07) is 7.58. The van der Waals surface area contributed by atoms with Gasteiger partial charge >= 0.3 is 5.97 Å². The first kappa shape index (κ1) is 16.6. The van der Waals surface area contributed by atoms with Crippen LogP contribution in [-0.4, -0.2) is 45.8 Å². The molecule has 0 heterocycles. The summed E-state index contributed by atoms with van der Waals surface area (Å²) in [5.41, 5.74) is 0.736. The first-order valence-electron chi connectivity index (χ1n) is 5.97. The van der Waals surface area contributed by atoms with E-state index in [0.29, 0.717) is 0 Å². The lowest BCUT2D eigenvalue weighted by Gasteiger charge is -2.15. The SMILES string of the molecule is COCCNS(=O)(=O)N[C@@H](Cc1ccccc1)C(=O)O. The Morgan fingerprint density at radius 1 is 1.35 bits per heavy atom. The van der Waals surface area contributed by atoms with Crippen molar-refractivity contribution in [2.75, 3.05) is 20.3 Å². The number of benzene rings is 1. The number of hydrogen-bond acceptors (Lipinski definition) is 4. The van der Waals surface area contributed by atoms with E-state index in [2.05, 4.69) is 9.44 Å². The Morgan fingerprint density at radius 3 is 2.55 bits per heavy atom. The lowest BCUT2D eigenvalue weighted by molar-refractivity contribution is -0.138. The number of aliphatic carboxylic acids is 1. The molecular weight excluding hydrogens is 284 g/mol. The van der Waals surface area contributed by atoms with Crippen LogP contribution in [0, 0.1) is 0 Å². The lowest BCUT2D eigenvalue weighted by atomic mass is 10.1. The first-order valence-corrected chi connectivity index (χ1v) is 7.45. The minimum Gasteiger partial charge on any atom is -0.480 e. The van der Waals surface area contributed by atoms with E-state index >= 15 is 0 Å². The van der Waals surface area contributed by atoms with E-state index in [-0.39, 0.29) is 19.6 Å². The van der Waals surface area contributed by atoms with Gasteiger partial charge in [0.15, 0.2) is 0 Å². The molecule has 0 saturated heterocycles. The summed E-state index contributed by atoms with van der Waals surface area (Å²) in [5, 5.41) is 9.09. The largest absolute Gasteiger partial charge is 0.480 e. The number of carboxylic acid groups (broad SMARTS) is 1. The van der Waals surface area contributed by atoms with Gasteiger partial charge in [-0.1, -0.05) is 30.3 Å². The van der Waals surface area contributed by atoms with E-state index in [1.165, 1.54) is 7.11 Å². The van der Waals surface area contributed by atoms with Gasteiger partial charge in [0.2, 0.25) is 0 Å². The summed E-state index contributed by atoms with van der Waals surface area (Å²) >= 11 is 0. The molecule has 0 saturated carbocycles. The number of nitrogens with one attached hydrogen (secondary N) is 2. The van der Waals surface area contributed by atoms with Gasteiger partial charge in [-0.25, -0.2) is 0 Å². The van der Waals surface area contributed by atoms with Crippen molar-refractivity contribution >= 4 is 16.2 Å². The average molecular weight is 302 g/mol. The molecule has 0 aromatic heterocycles. The molecule has 7 nitrogen and oxygen atoms in total. The monoisotopic (exact) mass is 302 g/mol. The van der Waals surface area contributed by atoms with Crippen molar-refractivity contribution in [1.82, 2.24) is 9.44 Å². The van der Waals surface area contributed by atoms with Crippen molar-refractivity contribution in [3.63, 3.8) is 0 Å². The third-order valence-corrected chi connectivity index (χ3v) is 3.66. The molecule has 8 heteroatoms. The Morgan fingerprint density at radius 2 is 2.00 bits per heavy atom. The highest BCUT2D eigenvalue weighted by Crippen LogP contribution is 2.04. The molecule has 0 aliphatic carbocycles. The summed E-state index contributed by atoms with van der Waals surface area (Å²) in [6.45, 7) is 0.279. The van der Waals surface area contributed by atoms with Gasteiger partial charge in [0.1, 0.15) is 6.04 Å². The third-order valence-electron chi connectivity index (χ3n) is 2.48. The molecule has 1 aromatic carbocycles. The maximum Gasteiger partial charge on any atom is 0.322 e. The van der Waals surface area contributed by atoms with Crippen molar-refractivity contribution in [2.45, 2.75) is 12.5 Å². The molecule has 0 aliphatic heterocycles. The topological polar surface area (TPSA) is 105 Å². The molecule has 1 aromatic rings. The summed E-state index contributed by atoms with van der Waals surface area (Å²) in [6.07, 6.45) is 0.0708. The highest BCUT2D eigenvalue weighted by Gasteiger charge is 2.23. The fourth-order valence-corrected chi connectivity index (χ4v) is 2.53. The van der Waals surface area contributed by atoms with Crippen LogP contribution in [0.1, 0.15) is 5.56 Å². The second kappa shape index (κ2) is 7.95. The average Bonchev–Trinajstić information content (AvgIpc) is 2.39. The maximum atomic E-state index is 11.7. The Bertz CT molecular complexity index is 518. The zero-order valence-electron chi connectivity index (χ0n) is 11.1.